The number of ether oxygens (including phenoxy) is 1. The molecule has 0 saturated carbocycles. The van der Waals surface area contributed by atoms with Crippen molar-refractivity contribution in [2.75, 3.05) is 44.8 Å². The average Bonchev–Trinajstić information content (AvgIpc) is 3.07. The first-order valence-electron chi connectivity index (χ1n) is 11.5. The number of nitrogens with one attached hydrogen (secondary N) is 1. The minimum absolute atomic E-state index is 0.0581. The van der Waals surface area contributed by atoms with Crippen LogP contribution >= 0.6 is 0 Å². The highest BCUT2D eigenvalue weighted by Gasteiger charge is 2.42. The fourth-order valence-electron chi connectivity index (χ4n) is 4.97. The van der Waals surface area contributed by atoms with Crippen molar-refractivity contribution in [1.29, 1.82) is 0 Å². The molecule has 1 N–H and O–H groups in total. The van der Waals surface area contributed by atoms with Crippen molar-refractivity contribution in [3.63, 3.8) is 0 Å². The molecular weight excluding hydrogens is 424 g/mol. The Hall–Kier alpha value is -2.35. The van der Waals surface area contributed by atoms with Gasteiger partial charge in [-0.15, -0.1) is 0 Å². The summed E-state index contributed by atoms with van der Waals surface area (Å²) in [5.74, 6) is -3.22. The number of carbonyl (C=O) groups excluding carboxylic acids is 1. The van der Waals surface area contributed by atoms with Crippen LogP contribution in [0.5, 0.6) is 0 Å². The zero-order valence-corrected chi connectivity index (χ0v) is 19.8. The smallest absolute Gasteiger partial charge is 0.298 e. The number of carbonyl (C=O) groups is 1. The Morgan fingerprint density at radius 2 is 1.91 bits per heavy atom. The maximum Gasteiger partial charge on any atom is 0.298 e. The van der Waals surface area contributed by atoms with Crippen molar-refractivity contribution < 1.29 is 18.3 Å². The molecule has 0 spiro atoms. The van der Waals surface area contributed by atoms with Gasteiger partial charge in [-0.25, -0.2) is 0 Å². The van der Waals surface area contributed by atoms with Crippen LogP contribution in [0, 0.1) is 0 Å². The van der Waals surface area contributed by atoms with Gasteiger partial charge in [0.25, 0.3) is 5.92 Å². The summed E-state index contributed by atoms with van der Waals surface area (Å²) >= 11 is 0. The standard InChI is InChI=1S/C26H33F2N3O2/c1-18-14-30(21(13-29-18)16-33-4)15-24(32)31-17-25(2,3)22-11-10-20(12-23(22)31)26(27,28)19-8-6-5-7-9-19/h5-12,18,21,29H,13-17H2,1-4H3/t18-,21-/m1/s1. The third-order valence-electron chi connectivity index (χ3n) is 6.80. The molecule has 2 heterocycles. The molecule has 0 radical (unpaired) electrons. The van der Waals surface area contributed by atoms with Crippen LogP contribution in [0.25, 0.3) is 0 Å². The van der Waals surface area contributed by atoms with Crippen LogP contribution in [-0.4, -0.2) is 62.8 Å². The van der Waals surface area contributed by atoms with Gasteiger partial charge in [-0.1, -0.05) is 56.3 Å². The van der Waals surface area contributed by atoms with Crippen LogP contribution in [0.3, 0.4) is 0 Å². The summed E-state index contributed by atoms with van der Waals surface area (Å²) in [6.45, 7) is 8.90. The molecule has 178 valence electrons. The molecule has 7 heteroatoms. The number of nitrogens with zero attached hydrogens (tertiary/aromatic N) is 2. The van der Waals surface area contributed by atoms with E-state index >= 15 is 8.78 Å². The van der Waals surface area contributed by atoms with Crippen molar-refractivity contribution in [1.82, 2.24) is 10.2 Å². The second-order valence-electron chi connectivity index (χ2n) is 9.88. The molecule has 0 aromatic heterocycles. The number of hydrogen-bond donors (Lipinski definition) is 1. The van der Waals surface area contributed by atoms with Gasteiger partial charge in [-0.3, -0.25) is 9.69 Å². The Bertz CT molecular complexity index is 996. The van der Waals surface area contributed by atoms with E-state index in [1.54, 1.807) is 36.3 Å². The maximum absolute atomic E-state index is 15.3. The van der Waals surface area contributed by atoms with Crippen LogP contribution in [0.1, 0.15) is 37.5 Å². The van der Waals surface area contributed by atoms with Gasteiger partial charge >= 0.3 is 0 Å². The van der Waals surface area contributed by atoms with Gasteiger partial charge in [0.2, 0.25) is 5.91 Å². The molecule has 1 saturated heterocycles. The lowest BCUT2D eigenvalue weighted by molar-refractivity contribution is -0.121. The number of fused-ring (bicyclic) bond motifs is 1. The Kier molecular flexibility index (Phi) is 6.58. The van der Waals surface area contributed by atoms with Gasteiger partial charge in [0, 0.05) is 61.1 Å². The first-order valence-corrected chi connectivity index (χ1v) is 11.5. The normalized spacial score (nSPS) is 22.9. The molecule has 1 amide bonds. The molecule has 0 bridgehead atoms. The van der Waals surface area contributed by atoms with Crippen LogP contribution < -0.4 is 10.2 Å². The number of benzene rings is 2. The third-order valence-corrected chi connectivity index (χ3v) is 6.80. The quantitative estimate of drug-likeness (QED) is 0.718. The minimum atomic E-state index is -3.14. The number of methoxy groups -OCH3 is 1. The van der Waals surface area contributed by atoms with Crippen LogP contribution in [0.4, 0.5) is 14.5 Å². The summed E-state index contributed by atoms with van der Waals surface area (Å²) in [6, 6.07) is 12.9. The zero-order chi connectivity index (χ0) is 23.8. The lowest BCUT2D eigenvalue weighted by Crippen LogP contribution is -2.59. The highest BCUT2D eigenvalue weighted by atomic mass is 19.3. The van der Waals surface area contributed by atoms with Crippen molar-refractivity contribution in [3.05, 3.63) is 65.2 Å². The van der Waals surface area contributed by atoms with E-state index in [9.17, 15) is 4.79 Å². The summed E-state index contributed by atoms with van der Waals surface area (Å²) in [6.07, 6.45) is 0. The highest BCUT2D eigenvalue weighted by molar-refractivity contribution is 5.97. The number of halogens is 2. The van der Waals surface area contributed by atoms with Gasteiger partial charge in [0.15, 0.2) is 0 Å². The molecule has 33 heavy (non-hydrogen) atoms. The SMILES string of the molecule is COC[C@H]1CN[C@H](C)CN1CC(=O)N1CC(C)(C)c2ccc(C(F)(F)c3ccccc3)cc21. The molecule has 5 nitrogen and oxygen atoms in total. The van der Waals surface area contributed by atoms with Crippen LogP contribution in [-0.2, 0) is 20.9 Å². The van der Waals surface area contributed by atoms with E-state index in [4.69, 9.17) is 4.74 Å². The minimum Gasteiger partial charge on any atom is -0.383 e. The van der Waals surface area contributed by atoms with Crippen molar-refractivity contribution in [2.45, 2.75) is 44.2 Å². The number of hydrogen-bond acceptors (Lipinski definition) is 4. The Labute approximate surface area is 194 Å². The maximum atomic E-state index is 15.3. The first-order chi connectivity index (χ1) is 15.6. The van der Waals surface area contributed by atoms with E-state index in [-0.39, 0.29) is 41.1 Å². The number of anilines is 1. The van der Waals surface area contributed by atoms with E-state index in [2.05, 4.69) is 31.0 Å². The Balaban J connectivity index is 1.63. The predicted octanol–water partition coefficient (Wildman–Crippen LogP) is 3.76. The number of piperazine rings is 1. The van der Waals surface area contributed by atoms with E-state index < -0.39 is 5.92 Å². The molecule has 0 aliphatic carbocycles. The first kappa shape index (κ1) is 23.8. The van der Waals surface area contributed by atoms with E-state index in [0.717, 1.165) is 18.7 Å². The number of rotatable bonds is 6. The van der Waals surface area contributed by atoms with Crippen LogP contribution in [0.15, 0.2) is 48.5 Å². The molecule has 0 unspecified atom stereocenters. The molecule has 2 atom stereocenters. The van der Waals surface area contributed by atoms with E-state index in [1.807, 2.05) is 0 Å². The second-order valence-corrected chi connectivity index (χ2v) is 9.88. The summed E-state index contributed by atoms with van der Waals surface area (Å²) in [5.41, 5.74) is 1.04. The van der Waals surface area contributed by atoms with Gasteiger partial charge < -0.3 is 15.0 Å². The van der Waals surface area contributed by atoms with Crippen molar-refractivity contribution in [3.8, 4) is 0 Å². The predicted molar refractivity (Wildman–Crippen MR) is 126 cm³/mol. The molecule has 2 aromatic rings. The largest absolute Gasteiger partial charge is 0.383 e. The molecule has 4 rings (SSSR count). The number of alkyl halides is 2. The highest BCUT2D eigenvalue weighted by Crippen LogP contribution is 2.44. The molecule has 1 fully saturated rings. The monoisotopic (exact) mass is 457 g/mol. The average molecular weight is 458 g/mol. The number of amides is 1. The Morgan fingerprint density at radius 1 is 1.18 bits per heavy atom. The Morgan fingerprint density at radius 3 is 2.61 bits per heavy atom. The lowest BCUT2D eigenvalue weighted by Gasteiger charge is -2.39. The topological polar surface area (TPSA) is 44.8 Å². The van der Waals surface area contributed by atoms with Crippen molar-refractivity contribution >= 4 is 11.6 Å². The third kappa shape index (κ3) is 4.67. The molecule has 2 aliphatic heterocycles. The fraction of sp³-hybridized carbons (Fsp3) is 0.500. The molecule has 2 aliphatic rings. The van der Waals surface area contributed by atoms with Gasteiger partial charge in [-0.05, 0) is 18.6 Å². The summed E-state index contributed by atoms with van der Waals surface area (Å²) in [7, 11) is 1.66. The summed E-state index contributed by atoms with van der Waals surface area (Å²) in [4.78, 5) is 17.3. The zero-order valence-electron chi connectivity index (χ0n) is 19.8. The summed E-state index contributed by atoms with van der Waals surface area (Å²) < 4.78 is 35.9. The van der Waals surface area contributed by atoms with Crippen molar-refractivity contribution in [2.24, 2.45) is 0 Å². The van der Waals surface area contributed by atoms with Gasteiger partial charge in [-0.2, -0.15) is 8.78 Å². The van der Waals surface area contributed by atoms with Gasteiger partial charge in [0.05, 0.1) is 13.2 Å². The van der Waals surface area contributed by atoms with Gasteiger partial charge in [0.1, 0.15) is 0 Å². The van der Waals surface area contributed by atoms with Crippen LogP contribution in [0.2, 0.25) is 0 Å². The summed E-state index contributed by atoms with van der Waals surface area (Å²) in [5, 5.41) is 3.43. The van der Waals surface area contributed by atoms with E-state index in [1.165, 1.54) is 24.3 Å². The lowest BCUT2D eigenvalue weighted by atomic mass is 9.86. The molecular formula is C26H33F2N3O2. The van der Waals surface area contributed by atoms with E-state index in [0.29, 0.717) is 18.8 Å². The second kappa shape index (κ2) is 9.12. The molecule has 2 aromatic carbocycles. The fourth-order valence-corrected chi connectivity index (χ4v) is 4.97.